The molecule has 94 valence electrons. The predicted molar refractivity (Wildman–Crippen MR) is 69.6 cm³/mol. The summed E-state index contributed by atoms with van der Waals surface area (Å²) in [5, 5.41) is 3.64. The van der Waals surface area contributed by atoms with Gasteiger partial charge in [0.2, 0.25) is 0 Å². The minimum Gasteiger partial charge on any atom is -0.311 e. The maximum atomic E-state index is 3.64. The molecular weight excluding hydrogens is 196 g/mol. The lowest BCUT2D eigenvalue weighted by molar-refractivity contribution is 0.168. The van der Waals surface area contributed by atoms with Gasteiger partial charge in [-0.2, -0.15) is 0 Å². The van der Waals surface area contributed by atoms with E-state index in [4.69, 9.17) is 0 Å². The lowest BCUT2D eigenvalue weighted by atomic mass is 10.0. The molecule has 1 saturated carbocycles. The fourth-order valence-electron chi connectivity index (χ4n) is 3.46. The zero-order valence-electron chi connectivity index (χ0n) is 11.0. The topological polar surface area (TPSA) is 15.3 Å². The van der Waals surface area contributed by atoms with E-state index in [1.807, 2.05) is 0 Å². The summed E-state index contributed by atoms with van der Waals surface area (Å²) in [4.78, 5) is 2.71. The molecule has 0 aromatic rings. The molecule has 0 radical (unpaired) electrons. The zero-order chi connectivity index (χ0) is 11.4. The van der Waals surface area contributed by atoms with Crippen molar-refractivity contribution in [2.45, 2.75) is 52.0 Å². The molecule has 1 heterocycles. The number of nitrogens with one attached hydrogen (secondary N) is 1. The molecule has 0 aromatic carbocycles. The number of hydrogen-bond donors (Lipinski definition) is 1. The van der Waals surface area contributed by atoms with Crippen LogP contribution in [-0.4, -0.2) is 37.1 Å². The summed E-state index contributed by atoms with van der Waals surface area (Å²) in [7, 11) is 0. The highest BCUT2D eigenvalue weighted by molar-refractivity contribution is 4.82. The van der Waals surface area contributed by atoms with E-state index in [-0.39, 0.29) is 0 Å². The van der Waals surface area contributed by atoms with Crippen LogP contribution in [0, 0.1) is 11.8 Å². The Morgan fingerprint density at radius 3 is 2.88 bits per heavy atom. The van der Waals surface area contributed by atoms with E-state index in [1.165, 1.54) is 58.3 Å². The summed E-state index contributed by atoms with van der Waals surface area (Å²) in [6, 6.07) is 0.762. The highest BCUT2D eigenvalue weighted by atomic mass is 15.2. The second-order valence-electron chi connectivity index (χ2n) is 5.98. The van der Waals surface area contributed by atoms with E-state index in [1.54, 1.807) is 0 Å². The van der Waals surface area contributed by atoms with E-state index in [0.29, 0.717) is 0 Å². The quantitative estimate of drug-likeness (QED) is 0.789. The van der Waals surface area contributed by atoms with E-state index in [0.717, 1.165) is 17.9 Å². The number of nitrogens with zero attached hydrogens (tertiary/aromatic N) is 1. The minimum atomic E-state index is 0.762. The van der Waals surface area contributed by atoms with Gasteiger partial charge in [0.05, 0.1) is 0 Å². The van der Waals surface area contributed by atoms with Crippen molar-refractivity contribution in [1.82, 2.24) is 10.2 Å². The highest BCUT2D eigenvalue weighted by Gasteiger charge is 2.25. The molecule has 3 unspecified atom stereocenters. The van der Waals surface area contributed by atoms with Crippen LogP contribution in [0.3, 0.4) is 0 Å². The maximum Gasteiger partial charge on any atom is 0.0195 e. The first-order chi connectivity index (χ1) is 7.78. The minimum absolute atomic E-state index is 0.762. The van der Waals surface area contributed by atoms with Crippen LogP contribution >= 0.6 is 0 Å². The lowest BCUT2D eigenvalue weighted by Gasteiger charge is -2.35. The van der Waals surface area contributed by atoms with Crippen LogP contribution in [-0.2, 0) is 0 Å². The molecule has 2 aliphatic rings. The molecule has 0 amide bonds. The third-order valence-corrected chi connectivity index (χ3v) is 4.30. The van der Waals surface area contributed by atoms with E-state index in [9.17, 15) is 0 Å². The van der Waals surface area contributed by atoms with Gasteiger partial charge in [0.1, 0.15) is 0 Å². The van der Waals surface area contributed by atoms with Crippen LogP contribution in [0.1, 0.15) is 46.0 Å². The van der Waals surface area contributed by atoms with E-state index >= 15 is 0 Å². The number of piperazine rings is 1. The van der Waals surface area contributed by atoms with Gasteiger partial charge in [0.25, 0.3) is 0 Å². The first kappa shape index (κ1) is 12.4. The van der Waals surface area contributed by atoms with E-state index < -0.39 is 0 Å². The predicted octanol–water partition coefficient (Wildman–Crippen LogP) is 2.50. The second kappa shape index (κ2) is 6.02. The van der Waals surface area contributed by atoms with Crippen molar-refractivity contribution in [3.8, 4) is 0 Å². The molecule has 0 aromatic heterocycles. The van der Waals surface area contributed by atoms with Crippen LogP contribution in [0.4, 0.5) is 0 Å². The number of rotatable bonds is 4. The summed E-state index contributed by atoms with van der Waals surface area (Å²) in [6.45, 7) is 9.83. The summed E-state index contributed by atoms with van der Waals surface area (Å²) < 4.78 is 0. The third kappa shape index (κ3) is 3.46. The largest absolute Gasteiger partial charge is 0.311 e. The van der Waals surface area contributed by atoms with Gasteiger partial charge >= 0.3 is 0 Å². The Kier molecular flexibility index (Phi) is 4.66. The zero-order valence-corrected chi connectivity index (χ0v) is 11.0. The van der Waals surface area contributed by atoms with Gasteiger partial charge in [-0.25, -0.2) is 0 Å². The van der Waals surface area contributed by atoms with Crippen molar-refractivity contribution in [1.29, 1.82) is 0 Å². The molecule has 2 fully saturated rings. The molecule has 16 heavy (non-hydrogen) atoms. The molecule has 1 aliphatic carbocycles. The van der Waals surface area contributed by atoms with Gasteiger partial charge in [-0.1, -0.05) is 26.7 Å². The first-order valence-corrected chi connectivity index (χ1v) is 7.23. The summed E-state index contributed by atoms with van der Waals surface area (Å²) in [5.41, 5.74) is 0. The summed E-state index contributed by atoms with van der Waals surface area (Å²) in [6.07, 6.45) is 7.07. The highest BCUT2D eigenvalue weighted by Crippen LogP contribution is 2.31. The molecule has 2 rings (SSSR count). The Hall–Kier alpha value is -0.0800. The monoisotopic (exact) mass is 224 g/mol. The Morgan fingerprint density at radius 2 is 2.19 bits per heavy atom. The SMILES string of the molecule is CCCC1CN(CC2CCC(C)C2)CCN1. The van der Waals surface area contributed by atoms with Gasteiger partial charge < -0.3 is 10.2 Å². The van der Waals surface area contributed by atoms with Crippen LogP contribution in [0.15, 0.2) is 0 Å². The summed E-state index contributed by atoms with van der Waals surface area (Å²) >= 11 is 0. The smallest absolute Gasteiger partial charge is 0.0195 e. The molecule has 2 heteroatoms. The van der Waals surface area contributed by atoms with Gasteiger partial charge in [-0.15, -0.1) is 0 Å². The van der Waals surface area contributed by atoms with Gasteiger partial charge in [0, 0.05) is 32.2 Å². The summed E-state index contributed by atoms with van der Waals surface area (Å²) in [5.74, 6) is 1.98. The van der Waals surface area contributed by atoms with Crippen molar-refractivity contribution in [2.24, 2.45) is 11.8 Å². The first-order valence-electron chi connectivity index (χ1n) is 7.23. The van der Waals surface area contributed by atoms with Crippen LogP contribution in [0.2, 0.25) is 0 Å². The third-order valence-electron chi connectivity index (χ3n) is 4.30. The fraction of sp³-hybridized carbons (Fsp3) is 1.00. The molecule has 1 saturated heterocycles. The van der Waals surface area contributed by atoms with E-state index in [2.05, 4.69) is 24.1 Å². The second-order valence-corrected chi connectivity index (χ2v) is 5.98. The standard InChI is InChI=1S/C14H28N2/c1-3-4-14-11-16(8-7-15-14)10-13-6-5-12(2)9-13/h12-15H,3-11H2,1-2H3. The molecule has 1 aliphatic heterocycles. The van der Waals surface area contributed by atoms with Gasteiger partial charge in [-0.05, 0) is 31.1 Å². The molecule has 1 N–H and O–H groups in total. The molecule has 3 atom stereocenters. The molecule has 2 nitrogen and oxygen atoms in total. The average Bonchev–Trinajstić information content (AvgIpc) is 2.65. The normalized spacial score (nSPS) is 36.8. The van der Waals surface area contributed by atoms with Crippen molar-refractivity contribution in [3.05, 3.63) is 0 Å². The average molecular weight is 224 g/mol. The van der Waals surface area contributed by atoms with Crippen LogP contribution < -0.4 is 5.32 Å². The Bertz CT molecular complexity index is 203. The molecule has 0 spiro atoms. The van der Waals surface area contributed by atoms with Gasteiger partial charge in [0.15, 0.2) is 0 Å². The Labute approximate surface area is 101 Å². The van der Waals surface area contributed by atoms with Crippen LogP contribution in [0.5, 0.6) is 0 Å². The lowest BCUT2D eigenvalue weighted by Crippen LogP contribution is -2.51. The number of hydrogen-bond acceptors (Lipinski definition) is 2. The molecule has 0 bridgehead atoms. The van der Waals surface area contributed by atoms with Gasteiger partial charge in [-0.3, -0.25) is 0 Å². The fourth-order valence-corrected chi connectivity index (χ4v) is 3.46. The van der Waals surface area contributed by atoms with Crippen molar-refractivity contribution < 1.29 is 0 Å². The van der Waals surface area contributed by atoms with Crippen molar-refractivity contribution >= 4 is 0 Å². The Morgan fingerprint density at radius 1 is 1.31 bits per heavy atom. The van der Waals surface area contributed by atoms with Crippen molar-refractivity contribution in [2.75, 3.05) is 26.2 Å². The van der Waals surface area contributed by atoms with Crippen molar-refractivity contribution in [3.63, 3.8) is 0 Å². The Balaban J connectivity index is 1.72. The maximum absolute atomic E-state index is 3.64. The van der Waals surface area contributed by atoms with Crippen LogP contribution in [0.25, 0.3) is 0 Å². The molecular formula is C14H28N2.